The van der Waals surface area contributed by atoms with E-state index < -0.39 is 21.8 Å². The smallest absolute Gasteiger partial charge is 0.271 e. The molecule has 0 bridgehead atoms. The van der Waals surface area contributed by atoms with Crippen LogP contribution in [0.15, 0.2) is 35.7 Å². The number of hydrogen-bond donors (Lipinski definition) is 1. The third-order valence-electron chi connectivity index (χ3n) is 4.61. The number of aromatic nitrogens is 4. The van der Waals surface area contributed by atoms with Crippen molar-refractivity contribution in [2.75, 3.05) is 16.8 Å². The van der Waals surface area contributed by atoms with Gasteiger partial charge in [0.25, 0.3) is 5.91 Å². The number of benzene rings is 1. The second kappa shape index (κ2) is 7.11. The quantitative estimate of drug-likeness (QED) is 0.743. The van der Waals surface area contributed by atoms with Crippen LogP contribution >= 0.6 is 0 Å². The van der Waals surface area contributed by atoms with Crippen molar-refractivity contribution in [1.29, 1.82) is 0 Å². The van der Waals surface area contributed by atoms with Gasteiger partial charge in [-0.05, 0) is 41.1 Å². The van der Waals surface area contributed by atoms with Gasteiger partial charge in [-0.1, -0.05) is 0 Å². The minimum atomic E-state index is -3.16. The van der Waals surface area contributed by atoms with E-state index in [-0.39, 0.29) is 36.0 Å². The number of hydrazone groups is 1. The topological polar surface area (TPSA) is 140 Å². The number of amides is 2. The van der Waals surface area contributed by atoms with Crippen molar-refractivity contribution in [2.24, 2.45) is 5.10 Å². The lowest BCUT2D eigenvalue weighted by atomic mass is 10.1. The van der Waals surface area contributed by atoms with E-state index >= 15 is 0 Å². The summed E-state index contributed by atoms with van der Waals surface area (Å²) >= 11 is 0. The number of sulfone groups is 1. The van der Waals surface area contributed by atoms with Crippen molar-refractivity contribution in [1.82, 2.24) is 25.2 Å². The van der Waals surface area contributed by atoms with Crippen molar-refractivity contribution in [3.05, 3.63) is 30.6 Å². The molecule has 0 saturated carbocycles. The summed E-state index contributed by atoms with van der Waals surface area (Å²) in [5.41, 5.74) is 1.49. The van der Waals surface area contributed by atoms with Crippen LogP contribution in [0, 0.1) is 0 Å². The first-order valence-corrected chi connectivity index (χ1v) is 10.5. The Hall–Kier alpha value is -3.15. The molecule has 1 atom stereocenters. The number of nitrogens with one attached hydrogen (secondary N) is 1. The Morgan fingerprint density at radius 3 is 2.61 bits per heavy atom. The fourth-order valence-corrected chi connectivity index (χ4v) is 4.86. The molecule has 1 aromatic carbocycles. The molecule has 1 saturated heterocycles. The van der Waals surface area contributed by atoms with Crippen LogP contribution in [-0.4, -0.2) is 68.7 Å². The second-order valence-corrected chi connectivity index (χ2v) is 8.83. The Morgan fingerprint density at radius 2 is 1.96 bits per heavy atom. The molecule has 0 unspecified atom stereocenters. The van der Waals surface area contributed by atoms with E-state index in [0.29, 0.717) is 12.1 Å². The van der Waals surface area contributed by atoms with Gasteiger partial charge in [-0.2, -0.15) is 5.10 Å². The van der Waals surface area contributed by atoms with Gasteiger partial charge in [0, 0.05) is 18.5 Å². The molecule has 1 aromatic heterocycles. The van der Waals surface area contributed by atoms with Gasteiger partial charge < -0.3 is 5.32 Å². The molecule has 2 aliphatic rings. The Balaban J connectivity index is 1.46. The third kappa shape index (κ3) is 3.76. The van der Waals surface area contributed by atoms with E-state index in [2.05, 4.69) is 25.9 Å². The number of hydrogen-bond acceptors (Lipinski definition) is 8. The number of anilines is 1. The SMILES string of the molecule is O=C(Nc1ccc(-n2cnnn2)cc1)C1=NN([C@@H]2CCS(=O)(=O)C2)C(=O)CC1. The predicted octanol–water partition coefficient (Wildman–Crippen LogP) is -0.234. The van der Waals surface area contributed by atoms with Crippen LogP contribution in [0.3, 0.4) is 0 Å². The molecule has 0 spiro atoms. The van der Waals surface area contributed by atoms with Gasteiger partial charge in [0.05, 0.1) is 23.2 Å². The number of carbonyl (C=O) groups excluding carboxylic acids is 2. The summed E-state index contributed by atoms with van der Waals surface area (Å²) < 4.78 is 24.8. The minimum absolute atomic E-state index is 0.0339. The zero-order valence-electron chi connectivity index (χ0n) is 14.7. The molecule has 3 heterocycles. The highest BCUT2D eigenvalue weighted by Gasteiger charge is 2.37. The molecule has 1 N–H and O–H groups in total. The summed E-state index contributed by atoms with van der Waals surface area (Å²) in [6, 6.07) is 6.38. The summed E-state index contributed by atoms with van der Waals surface area (Å²) in [5.74, 6) is -0.764. The normalized spacial score (nSPS) is 21.4. The summed E-state index contributed by atoms with van der Waals surface area (Å²) in [6.07, 6.45) is 2.13. The van der Waals surface area contributed by atoms with E-state index in [1.54, 1.807) is 24.3 Å². The first-order chi connectivity index (χ1) is 13.4. The minimum Gasteiger partial charge on any atom is -0.321 e. The van der Waals surface area contributed by atoms with Crippen molar-refractivity contribution in [3.63, 3.8) is 0 Å². The van der Waals surface area contributed by atoms with Gasteiger partial charge >= 0.3 is 0 Å². The van der Waals surface area contributed by atoms with Gasteiger partial charge in [0.1, 0.15) is 12.0 Å². The second-order valence-electron chi connectivity index (χ2n) is 6.60. The Morgan fingerprint density at radius 1 is 1.18 bits per heavy atom. The Bertz CT molecular complexity index is 1030. The number of nitrogens with zero attached hydrogens (tertiary/aromatic N) is 6. The Kier molecular flexibility index (Phi) is 4.63. The third-order valence-corrected chi connectivity index (χ3v) is 6.37. The molecule has 12 heteroatoms. The van der Waals surface area contributed by atoms with Gasteiger partial charge in [-0.15, -0.1) is 5.10 Å². The monoisotopic (exact) mass is 403 g/mol. The number of carbonyl (C=O) groups is 2. The summed E-state index contributed by atoms with van der Waals surface area (Å²) in [6.45, 7) is 0. The molecule has 2 aliphatic heterocycles. The number of tetrazole rings is 1. The maximum atomic E-state index is 12.5. The molecule has 4 rings (SSSR count). The van der Waals surface area contributed by atoms with Gasteiger partial charge in [0.2, 0.25) is 5.91 Å². The molecular formula is C16H17N7O4S. The van der Waals surface area contributed by atoms with E-state index in [1.807, 2.05) is 0 Å². The van der Waals surface area contributed by atoms with Crippen LogP contribution in [-0.2, 0) is 19.4 Å². The van der Waals surface area contributed by atoms with Crippen molar-refractivity contribution >= 4 is 33.1 Å². The van der Waals surface area contributed by atoms with Crippen LogP contribution < -0.4 is 5.32 Å². The molecule has 2 aromatic rings. The standard InChI is InChI=1S/C16H17N7O4S/c24-15-6-5-14(19-23(15)13-7-8-28(26,27)9-13)16(25)18-11-1-3-12(4-2-11)22-10-17-20-21-22/h1-4,10,13H,5-9H2,(H,18,25)/t13-/m1/s1. The first-order valence-electron chi connectivity index (χ1n) is 8.66. The van der Waals surface area contributed by atoms with Crippen molar-refractivity contribution < 1.29 is 18.0 Å². The summed E-state index contributed by atoms with van der Waals surface area (Å²) in [5, 5.41) is 19.0. The molecule has 0 aliphatic carbocycles. The van der Waals surface area contributed by atoms with E-state index in [9.17, 15) is 18.0 Å². The van der Waals surface area contributed by atoms with E-state index in [0.717, 1.165) is 5.69 Å². The first kappa shape index (κ1) is 18.2. The van der Waals surface area contributed by atoms with Crippen LogP contribution in [0.1, 0.15) is 19.3 Å². The summed E-state index contributed by atoms with van der Waals surface area (Å²) in [4.78, 5) is 24.7. The molecule has 11 nitrogen and oxygen atoms in total. The zero-order chi connectivity index (χ0) is 19.7. The average molecular weight is 403 g/mol. The average Bonchev–Trinajstić information content (AvgIpc) is 3.32. The van der Waals surface area contributed by atoms with Crippen LogP contribution in [0.25, 0.3) is 5.69 Å². The lowest BCUT2D eigenvalue weighted by Crippen LogP contribution is -2.42. The molecule has 1 fully saturated rings. The van der Waals surface area contributed by atoms with E-state index in [4.69, 9.17) is 0 Å². The maximum absolute atomic E-state index is 12.5. The lowest BCUT2D eigenvalue weighted by Gasteiger charge is -2.27. The molecule has 2 amide bonds. The summed E-state index contributed by atoms with van der Waals surface area (Å²) in [7, 11) is -3.16. The van der Waals surface area contributed by atoms with Gasteiger partial charge in [-0.25, -0.2) is 18.1 Å². The fraction of sp³-hybridized carbons (Fsp3) is 0.375. The fourth-order valence-electron chi connectivity index (χ4n) is 3.17. The molecular weight excluding hydrogens is 386 g/mol. The highest BCUT2D eigenvalue weighted by molar-refractivity contribution is 7.91. The van der Waals surface area contributed by atoms with Crippen LogP contribution in [0.5, 0.6) is 0 Å². The number of rotatable bonds is 4. The largest absolute Gasteiger partial charge is 0.321 e. The predicted molar refractivity (Wildman–Crippen MR) is 98.4 cm³/mol. The molecule has 28 heavy (non-hydrogen) atoms. The van der Waals surface area contributed by atoms with Crippen LogP contribution in [0.2, 0.25) is 0 Å². The van der Waals surface area contributed by atoms with Gasteiger partial charge in [-0.3, -0.25) is 9.59 Å². The Labute approximate surface area is 160 Å². The van der Waals surface area contributed by atoms with Crippen molar-refractivity contribution in [2.45, 2.75) is 25.3 Å². The zero-order valence-corrected chi connectivity index (χ0v) is 15.5. The maximum Gasteiger partial charge on any atom is 0.271 e. The van der Waals surface area contributed by atoms with Gasteiger partial charge in [0.15, 0.2) is 9.84 Å². The van der Waals surface area contributed by atoms with Crippen LogP contribution in [0.4, 0.5) is 5.69 Å². The van der Waals surface area contributed by atoms with E-state index in [1.165, 1.54) is 16.0 Å². The highest BCUT2D eigenvalue weighted by atomic mass is 32.2. The molecule has 0 radical (unpaired) electrons. The lowest BCUT2D eigenvalue weighted by molar-refractivity contribution is -0.133. The highest BCUT2D eigenvalue weighted by Crippen LogP contribution is 2.22. The molecule has 146 valence electrons. The van der Waals surface area contributed by atoms with Crippen molar-refractivity contribution in [3.8, 4) is 5.69 Å².